The van der Waals surface area contributed by atoms with Crippen molar-refractivity contribution in [3.63, 3.8) is 0 Å². The van der Waals surface area contributed by atoms with E-state index < -0.39 is 0 Å². The summed E-state index contributed by atoms with van der Waals surface area (Å²) in [7, 11) is 0. The molecule has 1 aromatic heterocycles. The molecule has 0 aliphatic carbocycles. The van der Waals surface area contributed by atoms with E-state index in [9.17, 15) is 4.79 Å². The molecule has 1 heterocycles. The summed E-state index contributed by atoms with van der Waals surface area (Å²) >= 11 is 0. The van der Waals surface area contributed by atoms with Crippen LogP contribution in [-0.4, -0.2) is 23.5 Å². The van der Waals surface area contributed by atoms with Crippen molar-refractivity contribution >= 4 is 5.91 Å². The summed E-state index contributed by atoms with van der Waals surface area (Å²) in [5.41, 5.74) is 1.74. The Morgan fingerprint density at radius 1 is 1.30 bits per heavy atom. The van der Waals surface area contributed by atoms with Crippen molar-refractivity contribution in [1.82, 2.24) is 10.3 Å². The second-order valence-corrected chi connectivity index (χ2v) is 4.74. The van der Waals surface area contributed by atoms with Crippen molar-refractivity contribution in [3.8, 4) is 5.75 Å². The summed E-state index contributed by atoms with van der Waals surface area (Å²) in [5, 5.41) is 2.87. The van der Waals surface area contributed by atoms with E-state index in [-0.39, 0.29) is 11.9 Å². The summed E-state index contributed by atoms with van der Waals surface area (Å²) in [6.07, 6.45) is 3.18. The van der Waals surface area contributed by atoms with Gasteiger partial charge in [0.2, 0.25) is 0 Å². The molecular formula is C16H18N2O2. The first-order valence-corrected chi connectivity index (χ1v) is 6.55. The smallest absolute Gasteiger partial charge is 0.253 e. The Labute approximate surface area is 118 Å². The van der Waals surface area contributed by atoms with Crippen LogP contribution in [0.3, 0.4) is 0 Å². The van der Waals surface area contributed by atoms with E-state index in [1.165, 1.54) is 5.56 Å². The van der Waals surface area contributed by atoms with Gasteiger partial charge >= 0.3 is 0 Å². The number of aryl methyl sites for hydroxylation is 1. The van der Waals surface area contributed by atoms with Gasteiger partial charge in [-0.25, -0.2) is 0 Å². The van der Waals surface area contributed by atoms with Crippen molar-refractivity contribution < 1.29 is 9.53 Å². The lowest BCUT2D eigenvalue weighted by atomic mass is 10.2. The predicted molar refractivity (Wildman–Crippen MR) is 77.8 cm³/mol. The highest BCUT2D eigenvalue weighted by Crippen LogP contribution is 2.11. The minimum Gasteiger partial charge on any atom is -0.491 e. The molecule has 0 unspecified atom stereocenters. The molecule has 1 N–H and O–H groups in total. The average Bonchev–Trinajstić information content (AvgIpc) is 2.47. The van der Waals surface area contributed by atoms with Gasteiger partial charge in [-0.15, -0.1) is 0 Å². The van der Waals surface area contributed by atoms with Gasteiger partial charge in [-0.05, 0) is 38.1 Å². The number of nitrogens with one attached hydrogen (secondary N) is 1. The van der Waals surface area contributed by atoms with Crippen LogP contribution in [0.2, 0.25) is 0 Å². The number of nitrogens with zero attached hydrogens (tertiary/aromatic N) is 1. The van der Waals surface area contributed by atoms with E-state index >= 15 is 0 Å². The van der Waals surface area contributed by atoms with Crippen molar-refractivity contribution in [2.75, 3.05) is 6.61 Å². The van der Waals surface area contributed by atoms with E-state index in [4.69, 9.17) is 4.74 Å². The summed E-state index contributed by atoms with van der Waals surface area (Å²) < 4.78 is 5.63. The molecule has 4 heteroatoms. The molecule has 0 aliphatic heterocycles. The van der Waals surface area contributed by atoms with Crippen molar-refractivity contribution in [3.05, 3.63) is 59.9 Å². The number of hydrogen-bond acceptors (Lipinski definition) is 3. The van der Waals surface area contributed by atoms with E-state index in [0.29, 0.717) is 12.2 Å². The first-order valence-electron chi connectivity index (χ1n) is 6.55. The lowest BCUT2D eigenvalue weighted by Gasteiger charge is -2.15. The standard InChI is InChI=1S/C16H18N2O2/c1-12-5-7-15(8-6-12)20-11-13(2)18-16(19)14-4-3-9-17-10-14/h3-10,13H,11H2,1-2H3,(H,18,19)/t13-/m0/s1. The third-order valence-electron chi connectivity index (χ3n) is 2.82. The third kappa shape index (κ3) is 4.09. The van der Waals surface area contributed by atoms with Crippen molar-refractivity contribution in [2.24, 2.45) is 0 Å². The Bertz CT molecular complexity index is 552. The fraction of sp³-hybridized carbons (Fsp3) is 0.250. The zero-order valence-electron chi connectivity index (χ0n) is 11.7. The minimum atomic E-state index is -0.141. The van der Waals surface area contributed by atoms with Gasteiger partial charge < -0.3 is 10.1 Å². The van der Waals surface area contributed by atoms with Crippen molar-refractivity contribution in [1.29, 1.82) is 0 Å². The number of carbonyl (C=O) groups is 1. The molecule has 104 valence electrons. The number of pyridine rings is 1. The van der Waals surface area contributed by atoms with Crippen LogP contribution < -0.4 is 10.1 Å². The van der Waals surface area contributed by atoms with Gasteiger partial charge in [-0.2, -0.15) is 0 Å². The topological polar surface area (TPSA) is 51.2 Å². The first kappa shape index (κ1) is 14.1. The minimum absolute atomic E-state index is 0.0796. The number of rotatable bonds is 5. The molecule has 0 radical (unpaired) electrons. The monoisotopic (exact) mass is 270 g/mol. The molecular weight excluding hydrogens is 252 g/mol. The van der Waals surface area contributed by atoms with Crippen LogP contribution in [0, 0.1) is 6.92 Å². The molecule has 1 amide bonds. The fourth-order valence-electron chi connectivity index (χ4n) is 1.70. The highest BCUT2D eigenvalue weighted by Gasteiger charge is 2.10. The van der Waals surface area contributed by atoms with E-state index in [0.717, 1.165) is 5.75 Å². The normalized spacial score (nSPS) is 11.7. The van der Waals surface area contributed by atoms with E-state index in [1.807, 2.05) is 38.1 Å². The molecule has 0 saturated carbocycles. The molecule has 20 heavy (non-hydrogen) atoms. The molecule has 0 aliphatic rings. The summed E-state index contributed by atoms with van der Waals surface area (Å²) in [6, 6.07) is 11.2. The fourth-order valence-corrected chi connectivity index (χ4v) is 1.70. The lowest BCUT2D eigenvalue weighted by molar-refractivity contribution is 0.0926. The molecule has 0 bridgehead atoms. The maximum absolute atomic E-state index is 11.9. The Hall–Kier alpha value is -2.36. The average molecular weight is 270 g/mol. The van der Waals surface area contributed by atoms with Crippen LogP contribution in [0.15, 0.2) is 48.8 Å². The van der Waals surface area contributed by atoms with Gasteiger partial charge in [0.25, 0.3) is 5.91 Å². The van der Waals surface area contributed by atoms with Gasteiger partial charge in [0.1, 0.15) is 12.4 Å². The van der Waals surface area contributed by atoms with Gasteiger partial charge in [0.15, 0.2) is 0 Å². The van der Waals surface area contributed by atoms with Crippen LogP contribution in [0.5, 0.6) is 5.75 Å². The summed E-state index contributed by atoms with van der Waals surface area (Å²) in [6.45, 7) is 4.36. The molecule has 0 fully saturated rings. The van der Waals surface area contributed by atoms with E-state index in [2.05, 4.69) is 10.3 Å². The summed E-state index contributed by atoms with van der Waals surface area (Å²) in [5.74, 6) is 0.663. The Morgan fingerprint density at radius 2 is 2.05 bits per heavy atom. The second kappa shape index (κ2) is 6.70. The predicted octanol–water partition coefficient (Wildman–Crippen LogP) is 2.59. The van der Waals surface area contributed by atoms with Crippen LogP contribution >= 0.6 is 0 Å². The molecule has 1 atom stereocenters. The zero-order chi connectivity index (χ0) is 14.4. The van der Waals surface area contributed by atoms with Crippen molar-refractivity contribution in [2.45, 2.75) is 19.9 Å². The maximum atomic E-state index is 11.9. The first-order chi connectivity index (χ1) is 9.65. The highest BCUT2D eigenvalue weighted by molar-refractivity contribution is 5.93. The molecule has 1 aromatic carbocycles. The maximum Gasteiger partial charge on any atom is 0.253 e. The van der Waals surface area contributed by atoms with E-state index in [1.54, 1.807) is 24.5 Å². The van der Waals surface area contributed by atoms with Crippen LogP contribution in [0.25, 0.3) is 0 Å². The largest absolute Gasteiger partial charge is 0.491 e. The van der Waals surface area contributed by atoms with Crippen LogP contribution in [-0.2, 0) is 0 Å². The summed E-state index contributed by atoms with van der Waals surface area (Å²) in [4.78, 5) is 15.8. The second-order valence-electron chi connectivity index (χ2n) is 4.74. The van der Waals surface area contributed by atoms with Gasteiger partial charge in [0.05, 0.1) is 11.6 Å². The number of amides is 1. The third-order valence-corrected chi connectivity index (χ3v) is 2.82. The number of hydrogen-bond donors (Lipinski definition) is 1. The number of benzene rings is 1. The van der Waals surface area contributed by atoms with Crippen LogP contribution in [0.1, 0.15) is 22.8 Å². The molecule has 0 saturated heterocycles. The Kier molecular flexibility index (Phi) is 4.71. The van der Waals surface area contributed by atoms with Gasteiger partial charge in [0, 0.05) is 12.4 Å². The molecule has 0 spiro atoms. The van der Waals surface area contributed by atoms with Gasteiger partial charge in [-0.3, -0.25) is 9.78 Å². The zero-order valence-corrected chi connectivity index (χ0v) is 11.7. The highest BCUT2D eigenvalue weighted by atomic mass is 16.5. The lowest BCUT2D eigenvalue weighted by Crippen LogP contribution is -2.36. The number of ether oxygens (including phenoxy) is 1. The molecule has 2 rings (SSSR count). The number of carbonyl (C=O) groups excluding carboxylic acids is 1. The number of aromatic nitrogens is 1. The molecule has 2 aromatic rings. The Balaban J connectivity index is 1.82. The van der Waals surface area contributed by atoms with Crippen LogP contribution in [0.4, 0.5) is 0 Å². The quantitative estimate of drug-likeness (QED) is 0.908. The Morgan fingerprint density at radius 3 is 2.70 bits per heavy atom. The SMILES string of the molecule is Cc1ccc(OC[C@H](C)NC(=O)c2cccnc2)cc1. The molecule has 4 nitrogen and oxygen atoms in total. The van der Waals surface area contributed by atoms with Gasteiger partial charge in [-0.1, -0.05) is 17.7 Å².